The highest BCUT2D eigenvalue weighted by Crippen LogP contribution is 2.11. The standard InChI is InChI=1S/C16H14N4O/c1-12-5-7-13(8-6-12)16(21)19-14-10-18-20(11-14)15-4-2-3-9-17-15/h2-11H,1H3,(H,19,21). The summed E-state index contributed by atoms with van der Waals surface area (Å²) in [6, 6.07) is 13.0. The Bertz CT molecular complexity index is 747. The van der Waals surface area contributed by atoms with E-state index in [1.54, 1.807) is 35.4 Å². The lowest BCUT2D eigenvalue weighted by molar-refractivity contribution is 0.102. The molecule has 104 valence electrons. The first-order valence-corrected chi connectivity index (χ1v) is 6.56. The molecule has 0 aliphatic heterocycles. The lowest BCUT2D eigenvalue weighted by Crippen LogP contribution is -2.11. The van der Waals surface area contributed by atoms with Gasteiger partial charge in [-0.1, -0.05) is 23.8 Å². The van der Waals surface area contributed by atoms with Gasteiger partial charge in [0.1, 0.15) is 0 Å². The van der Waals surface area contributed by atoms with Crippen molar-refractivity contribution in [2.24, 2.45) is 0 Å². The van der Waals surface area contributed by atoms with Crippen LogP contribution >= 0.6 is 0 Å². The number of carbonyl (C=O) groups is 1. The molecule has 0 spiro atoms. The van der Waals surface area contributed by atoms with E-state index in [2.05, 4.69) is 15.4 Å². The molecule has 5 heteroatoms. The highest BCUT2D eigenvalue weighted by atomic mass is 16.1. The number of rotatable bonds is 3. The molecule has 1 aromatic carbocycles. The number of pyridine rings is 1. The molecule has 3 rings (SSSR count). The third-order valence-electron chi connectivity index (χ3n) is 3.04. The number of hydrogen-bond donors (Lipinski definition) is 1. The predicted molar refractivity (Wildman–Crippen MR) is 80.5 cm³/mol. The number of aromatic nitrogens is 3. The van der Waals surface area contributed by atoms with Gasteiger partial charge < -0.3 is 5.32 Å². The van der Waals surface area contributed by atoms with Crippen molar-refractivity contribution >= 4 is 11.6 Å². The van der Waals surface area contributed by atoms with Crippen LogP contribution in [0.1, 0.15) is 15.9 Å². The normalized spacial score (nSPS) is 10.3. The summed E-state index contributed by atoms with van der Waals surface area (Å²) in [5.41, 5.74) is 2.37. The van der Waals surface area contributed by atoms with Crippen LogP contribution in [0.25, 0.3) is 5.82 Å². The lowest BCUT2D eigenvalue weighted by atomic mass is 10.1. The average molecular weight is 278 g/mol. The molecule has 21 heavy (non-hydrogen) atoms. The molecule has 0 radical (unpaired) electrons. The fourth-order valence-corrected chi connectivity index (χ4v) is 1.91. The molecule has 0 aliphatic rings. The van der Waals surface area contributed by atoms with E-state index in [-0.39, 0.29) is 5.91 Å². The molecule has 1 N–H and O–H groups in total. The molecular formula is C16H14N4O. The highest BCUT2D eigenvalue weighted by Gasteiger charge is 2.08. The number of amides is 1. The second-order valence-corrected chi connectivity index (χ2v) is 4.68. The fourth-order valence-electron chi connectivity index (χ4n) is 1.91. The molecule has 0 saturated carbocycles. The van der Waals surface area contributed by atoms with E-state index in [0.29, 0.717) is 17.1 Å². The predicted octanol–water partition coefficient (Wildman–Crippen LogP) is 2.83. The number of nitrogens with one attached hydrogen (secondary N) is 1. The zero-order valence-corrected chi connectivity index (χ0v) is 11.5. The number of anilines is 1. The quantitative estimate of drug-likeness (QED) is 0.801. The zero-order valence-electron chi connectivity index (χ0n) is 11.5. The van der Waals surface area contributed by atoms with Crippen molar-refractivity contribution in [2.75, 3.05) is 5.32 Å². The topological polar surface area (TPSA) is 59.8 Å². The molecule has 0 saturated heterocycles. The SMILES string of the molecule is Cc1ccc(C(=O)Nc2cnn(-c3ccccn3)c2)cc1. The lowest BCUT2D eigenvalue weighted by Gasteiger charge is -2.02. The minimum Gasteiger partial charge on any atom is -0.319 e. The smallest absolute Gasteiger partial charge is 0.255 e. The summed E-state index contributed by atoms with van der Waals surface area (Å²) in [7, 11) is 0. The van der Waals surface area contributed by atoms with Gasteiger partial charge in [-0.2, -0.15) is 5.10 Å². The zero-order chi connectivity index (χ0) is 14.7. The maximum Gasteiger partial charge on any atom is 0.255 e. The number of hydrogen-bond acceptors (Lipinski definition) is 3. The molecule has 0 unspecified atom stereocenters. The number of aryl methyl sites for hydroxylation is 1. The summed E-state index contributed by atoms with van der Waals surface area (Å²) in [6.07, 6.45) is 5.02. The van der Waals surface area contributed by atoms with E-state index >= 15 is 0 Å². The largest absolute Gasteiger partial charge is 0.319 e. The Kier molecular flexibility index (Phi) is 3.47. The summed E-state index contributed by atoms with van der Waals surface area (Å²) in [5.74, 6) is 0.545. The van der Waals surface area contributed by atoms with Crippen molar-refractivity contribution in [2.45, 2.75) is 6.92 Å². The first kappa shape index (κ1) is 13.1. The highest BCUT2D eigenvalue weighted by molar-refractivity contribution is 6.04. The van der Waals surface area contributed by atoms with E-state index in [4.69, 9.17) is 0 Å². The van der Waals surface area contributed by atoms with Crippen LogP contribution in [0.15, 0.2) is 61.1 Å². The summed E-state index contributed by atoms with van der Waals surface area (Å²) < 4.78 is 1.62. The Hall–Kier alpha value is -2.95. The van der Waals surface area contributed by atoms with E-state index in [1.165, 1.54) is 0 Å². The molecule has 0 fully saturated rings. The van der Waals surface area contributed by atoms with Crippen molar-refractivity contribution in [3.63, 3.8) is 0 Å². The second-order valence-electron chi connectivity index (χ2n) is 4.68. The molecule has 5 nitrogen and oxygen atoms in total. The van der Waals surface area contributed by atoms with E-state index in [1.807, 2.05) is 37.3 Å². The Labute approximate surface area is 122 Å². The van der Waals surface area contributed by atoms with Gasteiger partial charge in [-0.3, -0.25) is 4.79 Å². The molecule has 0 aliphatic carbocycles. The van der Waals surface area contributed by atoms with E-state index < -0.39 is 0 Å². The first-order valence-electron chi connectivity index (χ1n) is 6.56. The summed E-state index contributed by atoms with van der Waals surface area (Å²) in [4.78, 5) is 16.3. The van der Waals surface area contributed by atoms with Crippen LogP contribution in [-0.4, -0.2) is 20.7 Å². The summed E-state index contributed by atoms with van der Waals surface area (Å²) in [5, 5.41) is 7.00. The second kappa shape index (κ2) is 5.58. The Morgan fingerprint density at radius 2 is 1.95 bits per heavy atom. The molecule has 2 heterocycles. The first-order chi connectivity index (χ1) is 10.2. The van der Waals surface area contributed by atoms with Crippen LogP contribution in [0.4, 0.5) is 5.69 Å². The van der Waals surface area contributed by atoms with Gasteiger partial charge in [0.15, 0.2) is 5.82 Å². The Balaban J connectivity index is 1.75. The molecular weight excluding hydrogens is 264 g/mol. The van der Waals surface area contributed by atoms with Crippen molar-refractivity contribution in [3.8, 4) is 5.82 Å². The van der Waals surface area contributed by atoms with Crippen LogP contribution < -0.4 is 5.32 Å². The molecule has 0 bridgehead atoms. The molecule has 3 aromatic rings. The van der Waals surface area contributed by atoms with Crippen LogP contribution in [0, 0.1) is 6.92 Å². The number of nitrogens with zero attached hydrogens (tertiary/aromatic N) is 3. The molecule has 0 atom stereocenters. The third-order valence-corrected chi connectivity index (χ3v) is 3.04. The Morgan fingerprint density at radius 1 is 1.14 bits per heavy atom. The van der Waals surface area contributed by atoms with Crippen LogP contribution in [-0.2, 0) is 0 Å². The van der Waals surface area contributed by atoms with Crippen LogP contribution in [0.3, 0.4) is 0 Å². The monoisotopic (exact) mass is 278 g/mol. The van der Waals surface area contributed by atoms with Gasteiger partial charge in [-0.05, 0) is 31.2 Å². The van der Waals surface area contributed by atoms with Crippen LogP contribution in [0.2, 0.25) is 0 Å². The molecule has 1 amide bonds. The third kappa shape index (κ3) is 2.97. The van der Waals surface area contributed by atoms with Gasteiger partial charge in [0, 0.05) is 11.8 Å². The minimum atomic E-state index is -0.157. The van der Waals surface area contributed by atoms with E-state index in [0.717, 1.165) is 5.56 Å². The molecule has 2 aromatic heterocycles. The van der Waals surface area contributed by atoms with Gasteiger partial charge in [0.25, 0.3) is 5.91 Å². The van der Waals surface area contributed by atoms with E-state index in [9.17, 15) is 4.79 Å². The number of carbonyl (C=O) groups excluding carboxylic acids is 1. The fraction of sp³-hybridized carbons (Fsp3) is 0.0625. The van der Waals surface area contributed by atoms with Gasteiger partial charge in [0.05, 0.1) is 18.1 Å². The minimum absolute atomic E-state index is 0.157. The maximum atomic E-state index is 12.1. The Morgan fingerprint density at radius 3 is 2.67 bits per heavy atom. The van der Waals surface area contributed by atoms with Gasteiger partial charge in [0.2, 0.25) is 0 Å². The van der Waals surface area contributed by atoms with Gasteiger partial charge >= 0.3 is 0 Å². The van der Waals surface area contributed by atoms with Gasteiger partial charge in [-0.25, -0.2) is 9.67 Å². The van der Waals surface area contributed by atoms with Crippen molar-refractivity contribution < 1.29 is 4.79 Å². The van der Waals surface area contributed by atoms with Crippen LogP contribution in [0.5, 0.6) is 0 Å². The average Bonchev–Trinajstić information content (AvgIpc) is 2.97. The van der Waals surface area contributed by atoms with Crippen molar-refractivity contribution in [1.82, 2.24) is 14.8 Å². The summed E-state index contributed by atoms with van der Waals surface area (Å²) in [6.45, 7) is 1.98. The summed E-state index contributed by atoms with van der Waals surface area (Å²) >= 11 is 0. The van der Waals surface area contributed by atoms with Crippen molar-refractivity contribution in [3.05, 3.63) is 72.2 Å². The maximum absolute atomic E-state index is 12.1. The van der Waals surface area contributed by atoms with Crippen molar-refractivity contribution in [1.29, 1.82) is 0 Å². The number of benzene rings is 1. The van der Waals surface area contributed by atoms with Gasteiger partial charge in [-0.15, -0.1) is 0 Å².